The van der Waals surface area contributed by atoms with Gasteiger partial charge in [0, 0.05) is 29.0 Å². The Hall–Kier alpha value is -2.55. The number of rotatable bonds is 2. The third-order valence-corrected chi connectivity index (χ3v) is 5.64. The molecule has 2 aromatic rings. The summed E-state index contributed by atoms with van der Waals surface area (Å²) in [5.74, 6) is -3.29. The van der Waals surface area contributed by atoms with Crippen molar-refractivity contribution in [3.63, 3.8) is 0 Å². The zero-order valence-electron chi connectivity index (χ0n) is 14.0. The van der Waals surface area contributed by atoms with Gasteiger partial charge in [-0.05, 0) is 51.0 Å². The van der Waals surface area contributed by atoms with E-state index in [0.717, 1.165) is 0 Å². The second-order valence-corrected chi connectivity index (χ2v) is 7.04. The van der Waals surface area contributed by atoms with Crippen LogP contribution in [0.15, 0.2) is 29.1 Å². The number of alkyl halides is 2. The van der Waals surface area contributed by atoms with Crippen LogP contribution < -0.4 is 5.56 Å². The lowest BCUT2D eigenvalue weighted by Gasteiger charge is -2.20. The highest BCUT2D eigenvalue weighted by Crippen LogP contribution is 2.67. The van der Waals surface area contributed by atoms with E-state index in [1.54, 1.807) is 38.1 Å². The minimum absolute atomic E-state index is 0.141. The first kappa shape index (κ1) is 15.9. The van der Waals surface area contributed by atoms with Crippen molar-refractivity contribution in [2.45, 2.75) is 38.5 Å². The summed E-state index contributed by atoms with van der Waals surface area (Å²) in [6.07, 6.45) is 0.728. The molecule has 1 aromatic heterocycles. The van der Waals surface area contributed by atoms with Crippen molar-refractivity contribution < 1.29 is 8.78 Å². The second kappa shape index (κ2) is 5.22. The van der Waals surface area contributed by atoms with Crippen LogP contribution in [0, 0.1) is 37.0 Å². The van der Waals surface area contributed by atoms with Crippen LogP contribution in [0.2, 0.25) is 0 Å². The summed E-state index contributed by atoms with van der Waals surface area (Å²) < 4.78 is 28.6. The highest BCUT2D eigenvalue weighted by molar-refractivity contribution is 5.41. The second-order valence-electron chi connectivity index (χ2n) is 7.04. The van der Waals surface area contributed by atoms with Gasteiger partial charge in [0.15, 0.2) is 0 Å². The molecule has 0 radical (unpaired) electrons. The Labute approximate surface area is 143 Å². The van der Waals surface area contributed by atoms with Gasteiger partial charge in [0.1, 0.15) is 5.82 Å². The zero-order valence-corrected chi connectivity index (χ0v) is 14.0. The van der Waals surface area contributed by atoms with Gasteiger partial charge in [0.25, 0.3) is 11.5 Å². The van der Waals surface area contributed by atoms with E-state index >= 15 is 0 Å². The number of hydrogen-bond donors (Lipinski definition) is 0. The van der Waals surface area contributed by atoms with Crippen LogP contribution >= 0.6 is 0 Å². The van der Waals surface area contributed by atoms with E-state index < -0.39 is 17.8 Å². The Morgan fingerprint density at radius 2 is 1.80 bits per heavy atom. The van der Waals surface area contributed by atoms with Gasteiger partial charge in [-0.3, -0.25) is 9.36 Å². The summed E-state index contributed by atoms with van der Waals surface area (Å²) in [6, 6.07) is 8.72. The van der Waals surface area contributed by atoms with Crippen molar-refractivity contribution in [1.29, 1.82) is 5.26 Å². The van der Waals surface area contributed by atoms with Gasteiger partial charge < -0.3 is 0 Å². The van der Waals surface area contributed by atoms with Crippen molar-refractivity contribution in [3.05, 3.63) is 57.3 Å². The zero-order chi connectivity index (χ0) is 17.9. The number of nitriles is 1. The van der Waals surface area contributed by atoms with E-state index in [-0.39, 0.29) is 11.5 Å². The van der Waals surface area contributed by atoms with Gasteiger partial charge in [-0.2, -0.15) is 5.26 Å². The summed E-state index contributed by atoms with van der Waals surface area (Å²) in [5.41, 5.74) is 2.11. The molecular formula is C19H17F2N3O. The molecule has 0 spiro atoms. The minimum atomic E-state index is -2.55. The lowest BCUT2D eigenvalue weighted by molar-refractivity contribution is 0.0689. The first-order valence-corrected chi connectivity index (χ1v) is 8.33. The maximum absolute atomic E-state index is 13.5. The summed E-state index contributed by atoms with van der Waals surface area (Å²) >= 11 is 0. The van der Waals surface area contributed by atoms with Crippen LogP contribution in [-0.4, -0.2) is 15.5 Å². The van der Waals surface area contributed by atoms with Crippen LogP contribution in [0.4, 0.5) is 8.78 Å². The largest absolute Gasteiger partial charge is 0.269 e. The molecule has 2 saturated carbocycles. The summed E-state index contributed by atoms with van der Waals surface area (Å²) in [4.78, 5) is 17.4. The molecule has 4 nitrogen and oxygen atoms in total. The van der Waals surface area contributed by atoms with Crippen molar-refractivity contribution in [3.8, 4) is 11.8 Å². The molecule has 0 amide bonds. The molecule has 2 fully saturated rings. The predicted molar refractivity (Wildman–Crippen MR) is 87.9 cm³/mol. The van der Waals surface area contributed by atoms with Gasteiger partial charge in [-0.25, -0.2) is 13.8 Å². The molecule has 6 heteroatoms. The standard InChI is InChI=1S/C19H17F2N3O/c1-10-11(2)23-17(13-7-15-16(8-13)19(15,20)21)24(18(10)25)14-5-3-12(9-22)4-6-14/h3-6,13,15-16H,7-8H2,1-2H3/t13?,15-,16+. The molecule has 1 heterocycles. The van der Waals surface area contributed by atoms with Crippen LogP contribution in [0.5, 0.6) is 0 Å². The summed E-state index contributed by atoms with van der Waals surface area (Å²) in [6.45, 7) is 3.49. The van der Waals surface area contributed by atoms with Crippen LogP contribution in [0.3, 0.4) is 0 Å². The predicted octanol–water partition coefficient (Wildman–Crippen LogP) is 3.48. The number of benzene rings is 1. The molecule has 1 aromatic carbocycles. The molecule has 0 bridgehead atoms. The average molecular weight is 341 g/mol. The van der Waals surface area contributed by atoms with E-state index in [4.69, 9.17) is 5.26 Å². The molecule has 3 atom stereocenters. The van der Waals surface area contributed by atoms with Crippen molar-refractivity contribution in [2.75, 3.05) is 0 Å². The SMILES string of the molecule is Cc1nc(C2C[C@@H]3[C@H](C2)C3(F)F)n(-c2ccc(C#N)cc2)c(=O)c1C. The first-order valence-electron chi connectivity index (χ1n) is 8.33. The van der Waals surface area contributed by atoms with E-state index in [1.807, 2.05) is 6.07 Å². The highest BCUT2D eigenvalue weighted by Gasteiger charge is 2.71. The number of halogens is 2. The molecular weight excluding hydrogens is 324 g/mol. The van der Waals surface area contributed by atoms with Gasteiger partial charge >= 0.3 is 0 Å². The Morgan fingerprint density at radius 3 is 2.36 bits per heavy atom. The number of hydrogen-bond acceptors (Lipinski definition) is 3. The van der Waals surface area contributed by atoms with E-state index in [9.17, 15) is 13.6 Å². The number of nitrogens with zero attached hydrogens (tertiary/aromatic N) is 3. The van der Waals surface area contributed by atoms with Gasteiger partial charge in [0.2, 0.25) is 0 Å². The molecule has 0 N–H and O–H groups in total. The first-order chi connectivity index (χ1) is 11.8. The fourth-order valence-corrected chi connectivity index (χ4v) is 3.96. The third-order valence-electron chi connectivity index (χ3n) is 5.64. The monoisotopic (exact) mass is 341 g/mol. The fraction of sp³-hybridized carbons (Fsp3) is 0.421. The smallest absolute Gasteiger partial charge is 0.261 e. The molecule has 2 aliphatic carbocycles. The Bertz CT molecular complexity index is 942. The molecule has 25 heavy (non-hydrogen) atoms. The lowest BCUT2D eigenvalue weighted by Crippen LogP contribution is -2.28. The summed E-state index contributed by atoms with van der Waals surface area (Å²) in [7, 11) is 0. The Kier molecular flexibility index (Phi) is 3.33. The molecule has 0 aliphatic heterocycles. The van der Waals surface area contributed by atoms with Crippen molar-refractivity contribution >= 4 is 0 Å². The Morgan fingerprint density at radius 1 is 1.20 bits per heavy atom. The van der Waals surface area contributed by atoms with E-state index in [1.165, 1.54) is 4.57 Å². The third kappa shape index (κ3) is 2.30. The van der Waals surface area contributed by atoms with Crippen LogP contribution in [-0.2, 0) is 0 Å². The molecule has 1 unspecified atom stereocenters. The molecule has 0 saturated heterocycles. The minimum Gasteiger partial charge on any atom is -0.269 e. The van der Waals surface area contributed by atoms with E-state index in [0.29, 0.717) is 41.2 Å². The van der Waals surface area contributed by atoms with Crippen LogP contribution in [0.1, 0.15) is 41.4 Å². The lowest BCUT2D eigenvalue weighted by atomic mass is 10.0. The average Bonchev–Trinajstić information content (AvgIpc) is 2.95. The van der Waals surface area contributed by atoms with Crippen LogP contribution in [0.25, 0.3) is 5.69 Å². The van der Waals surface area contributed by atoms with Crippen molar-refractivity contribution in [2.24, 2.45) is 11.8 Å². The van der Waals surface area contributed by atoms with Gasteiger partial charge in [-0.1, -0.05) is 0 Å². The number of aromatic nitrogens is 2. The molecule has 128 valence electrons. The summed E-state index contributed by atoms with van der Waals surface area (Å²) in [5, 5.41) is 8.94. The fourth-order valence-electron chi connectivity index (χ4n) is 3.96. The normalized spacial score (nSPS) is 26.1. The molecule has 2 aliphatic rings. The number of aryl methyl sites for hydroxylation is 1. The van der Waals surface area contributed by atoms with Gasteiger partial charge in [0.05, 0.1) is 17.3 Å². The highest BCUT2D eigenvalue weighted by atomic mass is 19.3. The quantitative estimate of drug-likeness (QED) is 0.840. The maximum atomic E-state index is 13.5. The maximum Gasteiger partial charge on any atom is 0.261 e. The topological polar surface area (TPSA) is 58.7 Å². The van der Waals surface area contributed by atoms with Crippen molar-refractivity contribution in [1.82, 2.24) is 9.55 Å². The number of fused-ring (bicyclic) bond motifs is 1. The molecule has 4 rings (SSSR count). The Balaban J connectivity index is 1.81. The van der Waals surface area contributed by atoms with Gasteiger partial charge in [-0.15, -0.1) is 0 Å². The van der Waals surface area contributed by atoms with E-state index in [2.05, 4.69) is 4.98 Å².